The number of halogens is 1. The van der Waals surface area contributed by atoms with Crippen LogP contribution in [0.5, 0.6) is 5.75 Å². The summed E-state index contributed by atoms with van der Waals surface area (Å²) in [6.45, 7) is 6.63. The van der Waals surface area contributed by atoms with Crippen molar-refractivity contribution in [3.05, 3.63) is 29.6 Å². The number of hydrogen-bond donors (Lipinski definition) is 0. The zero-order valence-electron chi connectivity index (χ0n) is 9.01. The molecule has 78 valence electrons. The van der Waals surface area contributed by atoms with Gasteiger partial charge in [0, 0.05) is 6.07 Å². The van der Waals surface area contributed by atoms with E-state index in [0.29, 0.717) is 23.8 Å². The van der Waals surface area contributed by atoms with Crippen molar-refractivity contribution in [3.63, 3.8) is 0 Å². The fourth-order valence-corrected chi connectivity index (χ4v) is 1.02. The average Bonchev–Trinajstić information content (AvgIpc) is 2.19. The van der Waals surface area contributed by atoms with Gasteiger partial charge in [0.1, 0.15) is 11.6 Å². The van der Waals surface area contributed by atoms with Crippen LogP contribution in [0.3, 0.4) is 0 Å². The lowest BCUT2D eigenvalue weighted by Crippen LogP contribution is -2.07. The Hall–Kier alpha value is -1.05. The number of hydrogen-bond acceptors (Lipinski definition) is 1. The molecule has 1 rings (SSSR count). The molecule has 2 heteroatoms. The van der Waals surface area contributed by atoms with E-state index in [4.69, 9.17) is 4.74 Å². The van der Waals surface area contributed by atoms with Gasteiger partial charge in [-0.25, -0.2) is 4.39 Å². The molecular weight excluding hydrogens is 179 g/mol. The molecular formula is C12H17FO. The number of benzene rings is 1. The maximum absolute atomic E-state index is 13.1. The van der Waals surface area contributed by atoms with Gasteiger partial charge in [-0.15, -0.1) is 0 Å². The quantitative estimate of drug-likeness (QED) is 0.715. The first-order valence-corrected chi connectivity index (χ1v) is 5.02. The van der Waals surface area contributed by atoms with Gasteiger partial charge in [-0.05, 0) is 24.5 Å². The summed E-state index contributed by atoms with van der Waals surface area (Å²) >= 11 is 0. The molecule has 0 heterocycles. The SMILES string of the molecule is CCC(C)COc1ccc(C)c(F)c1. The molecule has 1 unspecified atom stereocenters. The Morgan fingerprint density at radius 3 is 2.71 bits per heavy atom. The van der Waals surface area contributed by atoms with Crippen LogP contribution in [0.2, 0.25) is 0 Å². The van der Waals surface area contributed by atoms with Crippen LogP contribution in [0.4, 0.5) is 4.39 Å². The molecule has 1 aromatic rings. The van der Waals surface area contributed by atoms with Crippen molar-refractivity contribution < 1.29 is 9.13 Å². The number of rotatable bonds is 4. The summed E-state index contributed by atoms with van der Waals surface area (Å²) in [5.74, 6) is 0.930. The predicted molar refractivity (Wildman–Crippen MR) is 56.1 cm³/mol. The highest BCUT2D eigenvalue weighted by Crippen LogP contribution is 2.16. The minimum atomic E-state index is -0.202. The Kier molecular flexibility index (Phi) is 3.93. The molecule has 0 saturated carbocycles. The van der Waals surface area contributed by atoms with Gasteiger partial charge in [-0.3, -0.25) is 0 Å². The second-order valence-electron chi connectivity index (χ2n) is 3.74. The summed E-state index contributed by atoms with van der Waals surface area (Å²) in [7, 11) is 0. The Morgan fingerprint density at radius 2 is 2.14 bits per heavy atom. The molecule has 0 aliphatic heterocycles. The van der Waals surface area contributed by atoms with E-state index in [-0.39, 0.29) is 5.82 Å². The molecule has 0 bridgehead atoms. The Balaban J connectivity index is 2.55. The summed E-state index contributed by atoms with van der Waals surface area (Å²) in [6.07, 6.45) is 1.08. The Bertz CT molecular complexity index is 296. The average molecular weight is 196 g/mol. The van der Waals surface area contributed by atoms with Crippen LogP contribution in [-0.2, 0) is 0 Å². The highest BCUT2D eigenvalue weighted by molar-refractivity contribution is 5.27. The standard InChI is InChI=1S/C12H17FO/c1-4-9(2)8-14-11-6-5-10(3)12(13)7-11/h5-7,9H,4,8H2,1-3H3. The molecule has 0 N–H and O–H groups in total. The molecule has 1 nitrogen and oxygen atoms in total. The summed E-state index contributed by atoms with van der Waals surface area (Å²) in [6, 6.07) is 4.99. The molecule has 0 aromatic heterocycles. The lowest BCUT2D eigenvalue weighted by molar-refractivity contribution is 0.255. The fraction of sp³-hybridized carbons (Fsp3) is 0.500. The van der Waals surface area contributed by atoms with Gasteiger partial charge in [-0.2, -0.15) is 0 Å². The number of aryl methyl sites for hydroxylation is 1. The van der Waals surface area contributed by atoms with Gasteiger partial charge in [0.05, 0.1) is 6.61 Å². The van der Waals surface area contributed by atoms with E-state index in [9.17, 15) is 4.39 Å². The highest BCUT2D eigenvalue weighted by Gasteiger charge is 2.02. The minimum Gasteiger partial charge on any atom is -0.493 e. The lowest BCUT2D eigenvalue weighted by Gasteiger charge is -2.11. The molecule has 14 heavy (non-hydrogen) atoms. The zero-order valence-corrected chi connectivity index (χ0v) is 9.01. The normalized spacial score (nSPS) is 12.6. The molecule has 0 fully saturated rings. The lowest BCUT2D eigenvalue weighted by atomic mass is 10.1. The van der Waals surface area contributed by atoms with Gasteiger partial charge in [-0.1, -0.05) is 26.3 Å². The van der Waals surface area contributed by atoms with Crippen molar-refractivity contribution in [2.24, 2.45) is 5.92 Å². The van der Waals surface area contributed by atoms with Crippen molar-refractivity contribution >= 4 is 0 Å². The summed E-state index contributed by atoms with van der Waals surface area (Å²) in [4.78, 5) is 0. The van der Waals surface area contributed by atoms with Gasteiger partial charge >= 0.3 is 0 Å². The van der Waals surface area contributed by atoms with Crippen LogP contribution >= 0.6 is 0 Å². The molecule has 0 saturated heterocycles. The van der Waals surface area contributed by atoms with Crippen molar-refractivity contribution in [1.29, 1.82) is 0 Å². The van der Waals surface area contributed by atoms with E-state index in [2.05, 4.69) is 13.8 Å². The van der Waals surface area contributed by atoms with Gasteiger partial charge in [0.2, 0.25) is 0 Å². The van der Waals surface area contributed by atoms with Crippen molar-refractivity contribution in [2.75, 3.05) is 6.61 Å². The largest absolute Gasteiger partial charge is 0.493 e. The van der Waals surface area contributed by atoms with Crippen LogP contribution < -0.4 is 4.74 Å². The van der Waals surface area contributed by atoms with E-state index < -0.39 is 0 Å². The van der Waals surface area contributed by atoms with Gasteiger partial charge in [0.15, 0.2) is 0 Å². The molecule has 0 radical (unpaired) electrons. The third-order valence-electron chi connectivity index (χ3n) is 2.37. The second kappa shape index (κ2) is 4.99. The van der Waals surface area contributed by atoms with E-state index in [1.54, 1.807) is 19.1 Å². The van der Waals surface area contributed by atoms with Crippen LogP contribution in [0.25, 0.3) is 0 Å². The maximum atomic E-state index is 13.1. The van der Waals surface area contributed by atoms with Crippen LogP contribution in [0.15, 0.2) is 18.2 Å². The van der Waals surface area contributed by atoms with E-state index in [1.807, 2.05) is 0 Å². The van der Waals surface area contributed by atoms with E-state index >= 15 is 0 Å². The van der Waals surface area contributed by atoms with E-state index in [0.717, 1.165) is 6.42 Å². The number of ether oxygens (including phenoxy) is 1. The first-order chi connectivity index (χ1) is 6.63. The van der Waals surface area contributed by atoms with Crippen molar-refractivity contribution in [3.8, 4) is 5.75 Å². The Labute approximate surface area is 84.9 Å². The summed E-state index contributed by atoms with van der Waals surface area (Å²) in [5, 5.41) is 0. The molecule has 0 aliphatic rings. The summed E-state index contributed by atoms with van der Waals surface area (Å²) < 4.78 is 18.6. The third kappa shape index (κ3) is 3.02. The predicted octanol–water partition coefficient (Wildman–Crippen LogP) is 3.56. The highest BCUT2D eigenvalue weighted by atomic mass is 19.1. The topological polar surface area (TPSA) is 9.23 Å². The molecule has 1 atom stereocenters. The van der Waals surface area contributed by atoms with E-state index in [1.165, 1.54) is 6.07 Å². The molecule has 1 aromatic carbocycles. The van der Waals surface area contributed by atoms with Crippen LogP contribution in [-0.4, -0.2) is 6.61 Å². The van der Waals surface area contributed by atoms with Crippen molar-refractivity contribution in [1.82, 2.24) is 0 Å². The van der Waals surface area contributed by atoms with Gasteiger partial charge < -0.3 is 4.74 Å². The zero-order chi connectivity index (χ0) is 10.6. The first-order valence-electron chi connectivity index (χ1n) is 5.02. The van der Waals surface area contributed by atoms with Gasteiger partial charge in [0.25, 0.3) is 0 Å². The third-order valence-corrected chi connectivity index (χ3v) is 2.37. The monoisotopic (exact) mass is 196 g/mol. The van der Waals surface area contributed by atoms with Crippen LogP contribution in [0, 0.1) is 18.7 Å². The van der Waals surface area contributed by atoms with Crippen LogP contribution in [0.1, 0.15) is 25.8 Å². The first kappa shape index (κ1) is 11.0. The minimum absolute atomic E-state index is 0.202. The maximum Gasteiger partial charge on any atom is 0.129 e. The smallest absolute Gasteiger partial charge is 0.129 e. The second-order valence-corrected chi connectivity index (χ2v) is 3.74. The molecule has 0 amide bonds. The van der Waals surface area contributed by atoms with Crippen molar-refractivity contribution in [2.45, 2.75) is 27.2 Å². The molecule has 0 aliphatic carbocycles. The summed E-state index contributed by atoms with van der Waals surface area (Å²) in [5.41, 5.74) is 0.654. The fourth-order valence-electron chi connectivity index (χ4n) is 1.02. The molecule has 0 spiro atoms. The Morgan fingerprint density at radius 1 is 1.43 bits per heavy atom.